The van der Waals surface area contributed by atoms with E-state index in [2.05, 4.69) is 41.5 Å². The molecule has 116 valence electrons. The summed E-state index contributed by atoms with van der Waals surface area (Å²) in [5, 5.41) is 3.33. The molecule has 1 N–H and O–H groups in total. The minimum Gasteiger partial charge on any atom is -0.489 e. The van der Waals surface area contributed by atoms with Crippen molar-refractivity contribution in [2.45, 2.75) is 19.4 Å². The van der Waals surface area contributed by atoms with Crippen molar-refractivity contribution < 1.29 is 4.74 Å². The van der Waals surface area contributed by atoms with E-state index in [0.29, 0.717) is 12.5 Å². The molecular formula is C18H21ClN2O. The van der Waals surface area contributed by atoms with Crippen LogP contribution in [0.4, 0.5) is 0 Å². The first-order valence-electron chi connectivity index (χ1n) is 7.38. The van der Waals surface area contributed by atoms with E-state index in [0.717, 1.165) is 24.7 Å². The molecule has 1 aliphatic rings. The summed E-state index contributed by atoms with van der Waals surface area (Å²) in [6.07, 6.45) is 0. The van der Waals surface area contributed by atoms with Crippen molar-refractivity contribution in [2.24, 2.45) is 4.99 Å². The molecule has 0 radical (unpaired) electrons. The number of hydrogen-bond acceptors (Lipinski definition) is 3. The van der Waals surface area contributed by atoms with Crippen LogP contribution in [-0.2, 0) is 6.61 Å². The van der Waals surface area contributed by atoms with E-state index >= 15 is 0 Å². The van der Waals surface area contributed by atoms with Crippen molar-refractivity contribution in [3.8, 4) is 5.75 Å². The number of halogens is 1. The van der Waals surface area contributed by atoms with Gasteiger partial charge in [0.1, 0.15) is 18.2 Å². The highest BCUT2D eigenvalue weighted by molar-refractivity contribution is 5.89. The lowest BCUT2D eigenvalue weighted by Gasteiger charge is -2.13. The molecular weight excluding hydrogens is 296 g/mol. The summed E-state index contributed by atoms with van der Waals surface area (Å²) in [5.41, 5.74) is 2.44. The molecule has 0 spiro atoms. The van der Waals surface area contributed by atoms with Crippen LogP contribution in [0.15, 0.2) is 59.6 Å². The fraction of sp³-hybridized carbons (Fsp3) is 0.278. The third kappa shape index (κ3) is 4.01. The predicted octanol–water partition coefficient (Wildman–Crippen LogP) is 3.79. The van der Waals surface area contributed by atoms with E-state index in [1.807, 2.05) is 30.3 Å². The lowest BCUT2D eigenvalue weighted by molar-refractivity contribution is 0.306. The van der Waals surface area contributed by atoms with Crippen molar-refractivity contribution in [3.63, 3.8) is 0 Å². The maximum absolute atomic E-state index is 5.81. The molecule has 2 aromatic carbocycles. The van der Waals surface area contributed by atoms with E-state index in [4.69, 9.17) is 4.74 Å². The van der Waals surface area contributed by atoms with Crippen LogP contribution in [0.1, 0.15) is 24.0 Å². The summed E-state index contributed by atoms with van der Waals surface area (Å²) >= 11 is 0. The van der Waals surface area contributed by atoms with Crippen LogP contribution in [-0.4, -0.2) is 18.9 Å². The van der Waals surface area contributed by atoms with Gasteiger partial charge in [0.05, 0.1) is 6.54 Å². The van der Waals surface area contributed by atoms with Crippen LogP contribution in [0, 0.1) is 0 Å². The van der Waals surface area contributed by atoms with Crippen molar-refractivity contribution >= 4 is 18.2 Å². The number of ether oxygens (including phenoxy) is 1. The quantitative estimate of drug-likeness (QED) is 0.910. The average Bonchev–Trinajstić information content (AvgIpc) is 3.08. The van der Waals surface area contributed by atoms with E-state index in [1.54, 1.807) is 0 Å². The summed E-state index contributed by atoms with van der Waals surface area (Å²) in [7, 11) is 0. The van der Waals surface area contributed by atoms with Gasteiger partial charge >= 0.3 is 0 Å². The Kier molecular flexibility index (Phi) is 5.84. The molecule has 0 bridgehead atoms. The molecule has 0 fully saturated rings. The van der Waals surface area contributed by atoms with Gasteiger partial charge in [0.2, 0.25) is 0 Å². The van der Waals surface area contributed by atoms with E-state index in [-0.39, 0.29) is 12.4 Å². The summed E-state index contributed by atoms with van der Waals surface area (Å²) in [6.45, 7) is 4.62. The minimum atomic E-state index is 0. The molecule has 0 saturated heterocycles. The van der Waals surface area contributed by atoms with Gasteiger partial charge < -0.3 is 10.1 Å². The molecule has 22 heavy (non-hydrogen) atoms. The first-order valence-corrected chi connectivity index (χ1v) is 7.38. The maximum Gasteiger partial charge on any atom is 0.119 e. The number of amidine groups is 1. The monoisotopic (exact) mass is 316 g/mol. The fourth-order valence-electron chi connectivity index (χ4n) is 2.46. The largest absolute Gasteiger partial charge is 0.489 e. The lowest BCUT2D eigenvalue weighted by Crippen LogP contribution is -2.23. The Morgan fingerprint density at radius 2 is 1.82 bits per heavy atom. The van der Waals surface area contributed by atoms with Crippen LogP contribution >= 0.6 is 12.4 Å². The minimum absolute atomic E-state index is 0. The highest BCUT2D eigenvalue weighted by Gasteiger charge is 2.15. The normalized spacial score (nSPS) is 14.5. The van der Waals surface area contributed by atoms with Crippen LogP contribution < -0.4 is 10.1 Å². The smallest absolute Gasteiger partial charge is 0.119 e. The molecule has 2 aromatic rings. The zero-order valence-corrected chi connectivity index (χ0v) is 13.5. The van der Waals surface area contributed by atoms with E-state index < -0.39 is 0 Å². The van der Waals surface area contributed by atoms with Gasteiger partial charge in [-0.25, -0.2) is 0 Å². The van der Waals surface area contributed by atoms with Gasteiger partial charge in [-0.1, -0.05) is 49.4 Å². The fourth-order valence-corrected chi connectivity index (χ4v) is 2.46. The number of nitrogens with zero attached hydrogens (tertiary/aromatic N) is 1. The van der Waals surface area contributed by atoms with Crippen LogP contribution in [0.2, 0.25) is 0 Å². The number of rotatable bonds is 5. The third-order valence-electron chi connectivity index (χ3n) is 3.74. The molecule has 0 amide bonds. The van der Waals surface area contributed by atoms with Crippen molar-refractivity contribution in [2.75, 3.05) is 13.1 Å². The summed E-state index contributed by atoms with van der Waals surface area (Å²) in [4.78, 5) is 4.48. The maximum atomic E-state index is 5.81. The molecule has 1 heterocycles. The van der Waals surface area contributed by atoms with E-state index in [9.17, 15) is 0 Å². The van der Waals surface area contributed by atoms with Gasteiger partial charge in [-0.2, -0.15) is 0 Å². The highest BCUT2D eigenvalue weighted by atomic mass is 35.5. The topological polar surface area (TPSA) is 33.6 Å². The molecule has 1 aliphatic heterocycles. The molecule has 0 saturated carbocycles. The number of nitrogens with one attached hydrogen (secondary N) is 1. The Hall–Kier alpha value is -2.00. The SMILES string of the molecule is CC(C1=NCCN1)c1ccc(OCc2ccccc2)cc1.Cl. The first kappa shape index (κ1) is 16.4. The number of aliphatic imine (C=N–C) groups is 1. The van der Waals surface area contributed by atoms with Gasteiger partial charge in [0.25, 0.3) is 0 Å². The Balaban J connectivity index is 0.00000176. The standard InChI is InChI=1S/C18H20N2O.ClH/c1-14(18-19-11-12-20-18)16-7-9-17(10-8-16)21-13-15-5-3-2-4-6-15;/h2-10,14H,11-13H2,1H3,(H,19,20);1H. The first-order chi connectivity index (χ1) is 10.3. The van der Waals surface area contributed by atoms with Crippen LogP contribution in [0.5, 0.6) is 5.75 Å². The predicted molar refractivity (Wildman–Crippen MR) is 93.2 cm³/mol. The molecule has 0 aromatic heterocycles. The Morgan fingerprint density at radius 1 is 1.09 bits per heavy atom. The third-order valence-corrected chi connectivity index (χ3v) is 3.74. The van der Waals surface area contributed by atoms with Gasteiger partial charge in [-0.15, -0.1) is 12.4 Å². The molecule has 4 heteroatoms. The summed E-state index contributed by atoms with van der Waals surface area (Å²) < 4.78 is 5.81. The second kappa shape index (κ2) is 7.85. The second-order valence-corrected chi connectivity index (χ2v) is 5.26. The van der Waals surface area contributed by atoms with Crippen LogP contribution in [0.25, 0.3) is 0 Å². The van der Waals surface area contributed by atoms with Crippen molar-refractivity contribution in [1.29, 1.82) is 0 Å². The average molecular weight is 317 g/mol. The lowest BCUT2D eigenvalue weighted by atomic mass is 10.00. The Labute approximate surface area is 137 Å². The zero-order chi connectivity index (χ0) is 14.5. The molecule has 1 atom stereocenters. The second-order valence-electron chi connectivity index (χ2n) is 5.26. The Bertz CT molecular complexity index is 611. The molecule has 1 unspecified atom stereocenters. The van der Waals surface area contributed by atoms with Gasteiger partial charge in [-0.3, -0.25) is 4.99 Å². The van der Waals surface area contributed by atoms with Crippen LogP contribution in [0.3, 0.4) is 0 Å². The molecule has 3 rings (SSSR count). The van der Waals surface area contributed by atoms with Gasteiger partial charge in [-0.05, 0) is 23.3 Å². The van der Waals surface area contributed by atoms with Crippen molar-refractivity contribution in [1.82, 2.24) is 5.32 Å². The number of hydrogen-bond donors (Lipinski definition) is 1. The zero-order valence-electron chi connectivity index (χ0n) is 12.7. The molecule has 3 nitrogen and oxygen atoms in total. The number of benzene rings is 2. The molecule has 0 aliphatic carbocycles. The van der Waals surface area contributed by atoms with Gasteiger partial charge in [0, 0.05) is 12.5 Å². The van der Waals surface area contributed by atoms with Crippen molar-refractivity contribution in [3.05, 3.63) is 65.7 Å². The Morgan fingerprint density at radius 3 is 2.45 bits per heavy atom. The summed E-state index contributed by atoms with van der Waals surface area (Å²) in [6, 6.07) is 18.5. The highest BCUT2D eigenvalue weighted by Crippen LogP contribution is 2.21. The van der Waals surface area contributed by atoms with Gasteiger partial charge in [0.15, 0.2) is 0 Å². The summed E-state index contributed by atoms with van der Waals surface area (Å²) in [5.74, 6) is 2.31. The van der Waals surface area contributed by atoms with E-state index in [1.165, 1.54) is 11.1 Å².